The largest absolute Gasteiger partial charge is 0.389 e. The number of hydrogen-bond donors (Lipinski definition) is 1. The second-order valence-corrected chi connectivity index (χ2v) is 4.93. The van der Waals surface area contributed by atoms with Crippen molar-refractivity contribution in [1.29, 1.82) is 0 Å². The van der Waals surface area contributed by atoms with Crippen LogP contribution in [0.4, 0.5) is 0 Å². The molecule has 2 aliphatic rings. The lowest BCUT2D eigenvalue weighted by molar-refractivity contribution is 0.0967. The zero-order valence-corrected chi connectivity index (χ0v) is 9.42. The third-order valence-electron chi connectivity index (χ3n) is 3.34. The van der Waals surface area contributed by atoms with Crippen molar-refractivity contribution >= 4 is 0 Å². The molecule has 2 rings (SSSR count). The maximum absolute atomic E-state index is 5.84. The van der Waals surface area contributed by atoms with Gasteiger partial charge in [0.25, 0.3) is 0 Å². The first-order valence-electron chi connectivity index (χ1n) is 5.75. The fraction of sp³-hybridized carbons (Fsp3) is 0.833. The molecule has 0 saturated carbocycles. The molecule has 3 unspecified atom stereocenters. The van der Waals surface area contributed by atoms with E-state index in [9.17, 15) is 0 Å². The van der Waals surface area contributed by atoms with E-state index in [1.807, 2.05) is 0 Å². The zero-order chi connectivity index (χ0) is 10.1. The molecule has 1 N–H and O–H groups in total. The minimum atomic E-state index is 0.519. The van der Waals surface area contributed by atoms with Crippen molar-refractivity contribution in [2.24, 2.45) is 5.92 Å². The predicted octanol–water partition coefficient (Wildman–Crippen LogP) is 2.46. The van der Waals surface area contributed by atoms with Gasteiger partial charge in [0, 0.05) is 12.0 Å². The summed E-state index contributed by atoms with van der Waals surface area (Å²) in [7, 11) is 0. The van der Waals surface area contributed by atoms with Crippen LogP contribution < -0.4 is 5.32 Å². The van der Waals surface area contributed by atoms with Gasteiger partial charge < -0.3 is 10.1 Å². The minimum Gasteiger partial charge on any atom is -0.389 e. The lowest BCUT2D eigenvalue weighted by atomic mass is 9.85. The quantitative estimate of drug-likeness (QED) is 0.747. The van der Waals surface area contributed by atoms with Crippen LogP contribution >= 0.6 is 0 Å². The van der Waals surface area contributed by atoms with Gasteiger partial charge in [-0.05, 0) is 46.2 Å². The standard InChI is InChI=1S/C12H21NO/c1-8(2)13-7-9(3)11-6-10-4-5-12(11)14-10/h7-8,10-13H,4-6H2,1-3H3/b9-7+. The molecular weight excluding hydrogens is 174 g/mol. The molecule has 0 radical (unpaired) electrons. The van der Waals surface area contributed by atoms with Crippen LogP contribution in [0.3, 0.4) is 0 Å². The third-order valence-corrected chi connectivity index (χ3v) is 3.34. The Morgan fingerprint density at radius 3 is 2.71 bits per heavy atom. The van der Waals surface area contributed by atoms with Gasteiger partial charge in [0.15, 0.2) is 0 Å². The first kappa shape index (κ1) is 10.0. The molecule has 0 amide bonds. The number of hydrogen-bond acceptors (Lipinski definition) is 2. The highest BCUT2D eigenvalue weighted by Gasteiger charge is 2.41. The van der Waals surface area contributed by atoms with Gasteiger partial charge in [-0.15, -0.1) is 0 Å². The van der Waals surface area contributed by atoms with Crippen LogP contribution in [0.2, 0.25) is 0 Å². The van der Waals surface area contributed by atoms with Gasteiger partial charge in [0.1, 0.15) is 0 Å². The van der Waals surface area contributed by atoms with Crippen LogP contribution in [0, 0.1) is 5.92 Å². The number of rotatable bonds is 3. The Balaban J connectivity index is 1.92. The zero-order valence-electron chi connectivity index (χ0n) is 9.42. The SMILES string of the molecule is C/C(=C\NC(C)C)C1CC2CCC1O2. The molecule has 80 valence electrons. The van der Waals surface area contributed by atoms with E-state index in [1.54, 1.807) is 0 Å². The Hall–Kier alpha value is -0.500. The lowest BCUT2D eigenvalue weighted by Crippen LogP contribution is -2.21. The highest BCUT2D eigenvalue weighted by molar-refractivity contribution is 5.10. The van der Waals surface area contributed by atoms with Crippen molar-refractivity contribution < 1.29 is 4.74 Å². The molecule has 2 heteroatoms. The Kier molecular flexibility index (Phi) is 2.82. The molecule has 0 aromatic rings. The topological polar surface area (TPSA) is 21.3 Å². The lowest BCUT2D eigenvalue weighted by Gasteiger charge is -2.20. The van der Waals surface area contributed by atoms with Gasteiger partial charge in [-0.25, -0.2) is 0 Å². The maximum atomic E-state index is 5.84. The summed E-state index contributed by atoms with van der Waals surface area (Å²) in [6.45, 7) is 6.56. The van der Waals surface area contributed by atoms with E-state index in [0.29, 0.717) is 24.2 Å². The van der Waals surface area contributed by atoms with Gasteiger partial charge in [-0.1, -0.05) is 5.57 Å². The fourth-order valence-electron chi connectivity index (χ4n) is 2.52. The molecule has 3 atom stereocenters. The van der Waals surface area contributed by atoms with E-state index in [2.05, 4.69) is 32.3 Å². The smallest absolute Gasteiger partial charge is 0.0646 e. The van der Waals surface area contributed by atoms with E-state index in [0.717, 1.165) is 0 Å². The van der Waals surface area contributed by atoms with Crippen LogP contribution in [0.15, 0.2) is 11.8 Å². The Labute approximate surface area is 86.7 Å². The van der Waals surface area contributed by atoms with Crippen LogP contribution in [-0.4, -0.2) is 18.2 Å². The molecule has 2 bridgehead atoms. The highest BCUT2D eigenvalue weighted by atomic mass is 16.5. The van der Waals surface area contributed by atoms with Gasteiger partial charge in [-0.3, -0.25) is 0 Å². The fourth-order valence-corrected chi connectivity index (χ4v) is 2.52. The average molecular weight is 195 g/mol. The molecular formula is C12H21NO. The van der Waals surface area contributed by atoms with E-state index >= 15 is 0 Å². The summed E-state index contributed by atoms with van der Waals surface area (Å²) in [4.78, 5) is 0. The van der Waals surface area contributed by atoms with E-state index in [1.165, 1.54) is 24.8 Å². The summed E-state index contributed by atoms with van der Waals surface area (Å²) in [5.41, 5.74) is 1.46. The van der Waals surface area contributed by atoms with Gasteiger partial charge in [0.2, 0.25) is 0 Å². The molecule has 2 fully saturated rings. The van der Waals surface area contributed by atoms with Crippen LogP contribution in [0.25, 0.3) is 0 Å². The maximum Gasteiger partial charge on any atom is 0.0646 e. The summed E-state index contributed by atoms with van der Waals surface area (Å²) < 4.78 is 5.84. The number of fused-ring (bicyclic) bond motifs is 2. The summed E-state index contributed by atoms with van der Waals surface area (Å²) in [5, 5.41) is 3.36. The molecule has 0 aromatic carbocycles. The predicted molar refractivity (Wildman–Crippen MR) is 58.0 cm³/mol. The third kappa shape index (κ3) is 1.95. The van der Waals surface area contributed by atoms with Crippen LogP contribution in [0.5, 0.6) is 0 Å². The monoisotopic (exact) mass is 195 g/mol. The summed E-state index contributed by atoms with van der Waals surface area (Å²) in [6, 6.07) is 0.532. The summed E-state index contributed by atoms with van der Waals surface area (Å²) in [5.74, 6) is 0.681. The Morgan fingerprint density at radius 1 is 1.43 bits per heavy atom. The van der Waals surface area contributed by atoms with Crippen molar-refractivity contribution in [1.82, 2.24) is 5.32 Å². The van der Waals surface area contributed by atoms with Crippen molar-refractivity contribution in [3.63, 3.8) is 0 Å². The van der Waals surface area contributed by atoms with E-state index < -0.39 is 0 Å². The van der Waals surface area contributed by atoms with Crippen LogP contribution in [-0.2, 0) is 4.74 Å². The molecule has 0 aromatic heterocycles. The molecule has 2 saturated heterocycles. The Bertz CT molecular complexity index is 234. The van der Waals surface area contributed by atoms with Crippen LogP contribution in [0.1, 0.15) is 40.0 Å². The van der Waals surface area contributed by atoms with Gasteiger partial charge in [0.05, 0.1) is 12.2 Å². The number of nitrogens with one attached hydrogen (secondary N) is 1. The Morgan fingerprint density at radius 2 is 2.21 bits per heavy atom. The van der Waals surface area contributed by atoms with Crippen molar-refractivity contribution in [2.75, 3.05) is 0 Å². The first-order chi connectivity index (χ1) is 6.66. The minimum absolute atomic E-state index is 0.519. The molecule has 2 heterocycles. The highest BCUT2D eigenvalue weighted by Crippen LogP contribution is 2.41. The number of ether oxygens (including phenoxy) is 1. The molecule has 14 heavy (non-hydrogen) atoms. The second-order valence-electron chi connectivity index (χ2n) is 4.93. The molecule has 2 aliphatic heterocycles. The summed E-state index contributed by atoms with van der Waals surface area (Å²) in [6.07, 6.45) is 7.05. The van der Waals surface area contributed by atoms with Gasteiger partial charge in [-0.2, -0.15) is 0 Å². The van der Waals surface area contributed by atoms with E-state index in [-0.39, 0.29) is 0 Å². The molecule has 0 aliphatic carbocycles. The summed E-state index contributed by atoms with van der Waals surface area (Å²) >= 11 is 0. The molecule has 0 spiro atoms. The van der Waals surface area contributed by atoms with Crippen molar-refractivity contribution in [3.05, 3.63) is 11.8 Å². The van der Waals surface area contributed by atoms with Crippen molar-refractivity contribution in [3.8, 4) is 0 Å². The normalized spacial score (nSPS) is 36.9. The van der Waals surface area contributed by atoms with E-state index in [4.69, 9.17) is 4.74 Å². The average Bonchev–Trinajstić information content (AvgIpc) is 2.74. The second kappa shape index (κ2) is 3.93. The van der Waals surface area contributed by atoms with Crippen molar-refractivity contribution in [2.45, 2.75) is 58.3 Å². The first-order valence-corrected chi connectivity index (χ1v) is 5.75. The van der Waals surface area contributed by atoms with Gasteiger partial charge >= 0.3 is 0 Å². The molecule has 2 nitrogen and oxygen atoms in total.